The first-order valence-corrected chi connectivity index (χ1v) is 17.7. The third-order valence-electron chi connectivity index (χ3n) is 7.59. The van der Waals surface area contributed by atoms with Crippen LogP contribution >= 0.6 is 23.5 Å². The lowest BCUT2D eigenvalue weighted by molar-refractivity contribution is 0.0991. The Balaban J connectivity index is 1.91. The molecule has 0 aliphatic heterocycles. The van der Waals surface area contributed by atoms with Crippen molar-refractivity contribution in [1.82, 2.24) is 0 Å². The molecule has 0 atom stereocenters. The quantitative estimate of drug-likeness (QED) is 0.0331. The second kappa shape index (κ2) is 16.3. The smallest absolute Gasteiger partial charge is 0.185 e. The van der Waals surface area contributed by atoms with Gasteiger partial charge in [0, 0.05) is 56.6 Å². The average molecular weight is 691 g/mol. The SMILES string of the molecule is CC(C)(C)c1cc(N)c(SCCN=C(N)N)c(CC(=O)c2cccc(C(=O)Cc3cc(C(C)(C)C)cc(N)c3SCCN=C(N)N)c2)c1. The number of nitrogen functional groups attached to an aromatic ring is 2. The molecular formula is C36H50N8O2S2. The van der Waals surface area contributed by atoms with E-state index in [4.69, 9.17) is 34.4 Å². The van der Waals surface area contributed by atoms with Gasteiger partial charge in [0.15, 0.2) is 23.5 Å². The molecule has 0 radical (unpaired) electrons. The van der Waals surface area contributed by atoms with Gasteiger partial charge in [-0.2, -0.15) is 0 Å². The number of ketones is 2. The summed E-state index contributed by atoms with van der Waals surface area (Å²) in [7, 11) is 0. The molecule has 0 amide bonds. The van der Waals surface area contributed by atoms with E-state index in [2.05, 4.69) is 51.5 Å². The molecule has 0 spiro atoms. The highest BCUT2D eigenvalue weighted by atomic mass is 32.2. The lowest BCUT2D eigenvalue weighted by Gasteiger charge is -2.23. The molecular weight excluding hydrogens is 641 g/mol. The minimum Gasteiger partial charge on any atom is -0.398 e. The minimum atomic E-state index is -0.171. The average Bonchev–Trinajstić information content (AvgIpc) is 2.98. The summed E-state index contributed by atoms with van der Waals surface area (Å²) >= 11 is 3.03. The van der Waals surface area contributed by atoms with Gasteiger partial charge < -0.3 is 34.4 Å². The Hall–Kier alpha value is -4.16. The second-order valence-electron chi connectivity index (χ2n) is 13.7. The largest absolute Gasteiger partial charge is 0.398 e. The summed E-state index contributed by atoms with van der Waals surface area (Å²) < 4.78 is 0. The van der Waals surface area contributed by atoms with Crippen LogP contribution in [0.4, 0.5) is 11.4 Å². The number of thioether (sulfide) groups is 2. The number of aliphatic imine (C=N–C) groups is 2. The minimum absolute atomic E-state index is 0.0275. The molecule has 48 heavy (non-hydrogen) atoms. The summed E-state index contributed by atoms with van der Waals surface area (Å²) in [4.78, 5) is 37.3. The molecule has 0 heterocycles. The third kappa shape index (κ3) is 10.9. The fraction of sp³-hybridized carbons (Fsp3) is 0.389. The van der Waals surface area contributed by atoms with Crippen LogP contribution in [0.5, 0.6) is 0 Å². The van der Waals surface area contributed by atoms with Crippen LogP contribution in [-0.2, 0) is 23.7 Å². The fourth-order valence-corrected chi connectivity index (χ4v) is 6.83. The highest BCUT2D eigenvalue weighted by molar-refractivity contribution is 7.99. The van der Waals surface area contributed by atoms with Crippen molar-refractivity contribution in [2.24, 2.45) is 32.9 Å². The number of rotatable bonds is 14. The molecule has 12 heteroatoms. The maximum atomic E-state index is 13.8. The van der Waals surface area contributed by atoms with E-state index in [-0.39, 0.29) is 47.2 Å². The van der Waals surface area contributed by atoms with Gasteiger partial charge in [0.2, 0.25) is 0 Å². The molecule has 0 fully saturated rings. The van der Waals surface area contributed by atoms with E-state index in [9.17, 15) is 9.59 Å². The monoisotopic (exact) mass is 690 g/mol. The van der Waals surface area contributed by atoms with Gasteiger partial charge in [-0.15, -0.1) is 23.5 Å². The van der Waals surface area contributed by atoms with Gasteiger partial charge in [0.25, 0.3) is 0 Å². The Morgan fingerprint density at radius 2 is 1.00 bits per heavy atom. The lowest BCUT2D eigenvalue weighted by Crippen LogP contribution is -2.23. The van der Waals surface area contributed by atoms with E-state index >= 15 is 0 Å². The molecule has 0 bridgehead atoms. The Labute approximate surface area is 293 Å². The van der Waals surface area contributed by atoms with Crippen LogP contribution < -0.4 is 34.4 Å². The summed E-state index contributed by atoms with van der Waals surface area (Å²) in [6, 6.07) is 14.9. The van der Waals surface area contributed by atoms with Crippen molar-refractivity contribution >= 4 is 58.4 Å². The van der Waals surface area contributed by atoms with Crippen LogP contribution in [-0.4, -0.2) is 48.1 Å². The van der Waals surface area contributed by atoms with Crippen molar-refractivity contribution in [3.8, 4) is 0 Å². The van der Waals surface area contributed by atoms with Gasteiger partial charge >= 0.3 is 0 Å². The van der Waals surface area contributed by atoms with E-state index in [1.165, 1.54) is 23.5 Å². The maximum Gasteiger partial charge on any atom is 0.185 e. The number of hydrogen-bond acceptors (Lipinski definition) is 8. The Bertz CT molecular complexity index is 1580. The number of guanidine groups is 2. The van der Waals surface area contributed by atoms with Crippen molar-refractivity contribution in [3.05, 3.63) is 81.9 Å². The summed E-state index contributed by atoms with van der Waals surface area (Å²) in [5.41, 5.74) is 40.5. The molecule has 0 aromatic heterocycles. The van der Waals surface area contributed by atoms with Gasteiger partial charge in [0.05, 0.1) is 13.1 Å². The first kappa shape index (κ1) is 38.3. The zero-order chi connectivity index (χ0) is 35.8. The van der Waals surface area contributed by atoms with Crippen molar-refractivity contribution in [2.75, 3.05) is 36.1 Å². The van der Waals surface area contributed by atoms with Gasteiger partial charge in [-0.25, -0.2) is 0 Å². The summed E-state index contributed by atoms with van der Waals surface area (Å²) in [6.07, 6.45) is 0.244. The van der Waals surface area contributed by atoms with Crippen LogP contribution in [0.15, 0.2) is 68.3 Å². The Morgan fingerprint density at radius 3 is 1.33 bits per heavy atom. The van der Waals surface area contributed by atoms with E-state index in [0.29, 0.717) is 47.1 Å². The molecule has 3 aromatic carbocycles. The normalized spacial score (nSPS) is 11.6. The molecule has 0 saturated carbocycles. The topological polar surface area (TPSA) is 215 Å². The van der Waals surface area contributed by atoms with Gasteiger partial charge in [-0.1, -0.05) is 71.9 Å². The molecule has 0 saturated heterocycles. The van der Waals surface area contributed by atoms with E-state index in [0.717, 1.165) is 32.0 Å². The Morgan fingerprint density at radius 1 is 0.625 bits per heavy atom. The molecule has 3 rings (SSSR count). The number of nitrogens with zero attached hydrogens (tertiary/aromatic N) is 2. The fourth-order valence-electron chi connectivity index (χ4n) is 4.97. The molecule has 10 nitrogen and oxygen atoms in total. The number of anilines is 2. The van der Waals surface area contributed by atoms with E-state index in [1.807, 2.05) is 24.3 Å². The standard InChI is InChI=1S/C36H50N8O2S2/c1-35(2,3)25-15-23(31(27(37)19-25)47-12-10-43-33(39)40)17-29(45)21-8-7-9-22(14-21)30(46)18-24-16-26(36(4,5)6)20-28(38)32(24)48-13-11-44-34(41)42/h7-9,14-16,19-20H,10-13,17-18,37-38H2,1-6H3,(H4,39,40,43)(H4,41,42,44). The number of hydrogen-bond donors (Lipinski definition) is 6. The van der Waals surface area contributed by atoms with Crippen LogP contribution in [0.25, 0.3) is 0 Å². The Kier molecular flexibility index (Phi) is 13.0. The third-order valence-corrected chi connectivity index (χ3v) is 9.94. The number of nitrogens with two attached hydrogens (primary N) is 6. The first-order valence-electron chi connectivity index (χ1n) is 15.8. The number of benzene rings is 3. The van der Waals surface area contributed by atoms with E-state index < -0.39 is 0 Å². The zero-order valence-electron chi connectivity index (χ0n) is 28.9. The van der Waals surface area contributed by atoms with Gasteiger partial charge in [-0.3, -0.25) is 19.6 Å². The van der Waals surface area contributed by atoms with Crippen LogP contribution in [0.1, 0.15) is 84.5 Å². The zero-order valence-corrected chi connectivity index (χ0v) is 30.5. The number of carbonyl (C=O) groups excluding carboxylic acids is 2. The number of carbonyl (C=O) groups is 2. The maximum absolute atomic E-state index is 13.8. The predicted octanol–water partition coefficient (Wildman–Crippen LogP) is 5.03. The highest BCUT2D eigenvalue weighted by Gasteiger charge is 2.23. The molecule has 12 N–H and O–H groups in total. The van der Waals surface area contributed by atoms with Gasteiger partial charge in [-0.05, 0) is 51.3 Å². The van der Waals surface area contributed by atoms with Crippen molar-refractivity contribution in [3.63, 3.8) is 0 Å². The molecule has 258 valence electrons. The lowest BCUT2D eigenvalue weighted by atomic mass is 9.85. The predicted molar refractivity (Wildman–Crippen MR) is 204 cm³/mol. The summed E-state index contributed by atoms with van der Waals surface area (Å²) in [5, 5.41) is 0. The van der Waals surface area contributed by atoms with Crippen molar-refractivity contribution < 1.29 is 9.59 Å². The van der Waals surface area contributed by atoms with Crippen molar-refractivity contribution in [1.29, 1.82) is 0 Å². The van der Waals surface area contributed by atoms with Crippen LogP contribution in [0.3, 0.4) is 0 Å². The van der Waals surface area contributed by atoms with Crippen LogP contribution in [0, 0.1) is 0 Å². The van der Waals surface area contributed by atoms with E-state index in [1.54, 1.807) is 24.3 Å². The molecule has 3 aromatic rings. The molecule has 0 unspecified atom stereocenters. The summed E-state index contributed by atoms with van der Waals surface area (Å²) in [5.74, 6) is 1.02. The van der Waals surface area contributed by atoms with Crippen molar-refractivity contribution in [2.45, 2.75) is 75.0 Å². The first-order chi connectivity index (χ1) is 22.4. The molecule has 0 aliphatic carbocycles. The second-order valence-corrected chi connectivity index (χ2v) is 15.9. The molecule has 0 aliphatic rings. The highest BCUT2D eigenvalue weighted by Crippen LogP contribution is 2.37. The van der Waals surface area contributed by atoms with Gasteiger partial charge in [0.1, 0.15) is 0 Å². The summed E-state index contributed by atoms with van der Waals surface area (Å²) in [6.45, 7) is 13.5. The van der Waals surface area contributed by atoms with Crippen LogP contribution in [0.2, 0.25) is 0 Å². The number of Topliss-reactive ketones (excluding diaryl/α,β-unsaturated/α-hetero) is 2.